The average Bonchev–Trinajstić information content (AvgIpc) is 2.25. The highest BCUT2D eigenvalue weighted by Crippen LogP contribution is 2.16. The first-order valence-corrected chi connectivity index (χ1v) is 7.05. The van der Waals surface area contributed by atoms with Gasteiger partial charge in [0.05, 0.1) is 11.5 Å². The van der Waals surface area contributed by atoms with Crippen LogP contribution < -0.4 is 5.73 Å². The van der Waals surface area contributed by atoms with Gasteiger partial charge in [0.1, 0.15) is 0 Å². The molecule has 0 heterocycles. The molecule has 94 valence electrons. The zero-order valence-electron chi connectivity index (χ0n) is 8.93. The van der Waals surface area contributed by atoms with Crippen LogP contribution in [0.4, 0.5) is 0 Å². The summed E-state index contributed by atoms with van der Waals surface area (Å²) >= 11 is 3.20. The van der Waals surface area contributed by atoms with Gasteiger partial charge in [-0.2, -0.15) is 8.42 Å². The number of benzene rings is 1. The molecular formula is C10H12BrNO4S. The highest BCUT2D eigenvalue weighted by molar-refractivity contribution is 9.10. The van der Waals surface area contributed by atoms with Crippen molar-refractivity contribution in [1.82, 2.24) is 0 Å². The van der Waals surface area contributed by atoms with E-state index in [-0.39, 0.29) is 24.3 Å². The molecule has 0 fully saturated rings. The van der Waals surface area contributed by atoms with Crippen LogP contribution in [0.2, 0.25) is 0 Å². The Bertz CT molecular complexity index is 484. The summed E-state index contributed by atoms with van der Waals surface area (Å²) in [6.07, 6.45) is 0.390. The molecule has 1 aromatic carbocycles. The fourth-order valence-corrected chi connectivity index (χ4v) is 2.29. The van der Waals surface area contributed by atoms with Gasteiger partial charge in [-0.25, -0.2) is 0 Å². The third-order valence-electron chi connectivity index (χ3n) is 1.91. The van der Waals surface area contributed by atoms with Crippen molar-refractivity contribution in [2.24, 2.45) is 5.73 Å². The molecule has 0 atom stereocenters. The third kappa shape index (κ3) is 4.84. The van der Waals surface area contributed by atoms with Crippen LogP contribution in [0.15, 0.2) is 33.6 Å². The minimum atomic E-state index is -3.75. The van der Waals surface area contributed by atoms with E-state index in [1.807, 2.05) is 0 Å². The Labute approximate surface area is 108 Å². The molecule has 0 saturated heterocycles. The van der Waals surface area contributed by atoms with Crippen molar-refractivity contribution in [3.05, 3.63) is 28.7 Å². The summed E-state index contributed by atoms with van der Waals surface area (Å²) in [5.74, 6) is -0.477. The van der Waals surface area contributed by atoms with E-state index >= 15 is 0 Å². The van der Waals surface area contributed by atoms with Crippen LogP contribution in [0.25, 0.3) is 0 Å². The Morgan fingerprint density at radius 1 is 1.29 bits per heavy atom. The van der Waals surface area contributed by atoms with Gasteiger partial charge in [0.15, 0.2) is 0 Å². The van der Waals surface area contributed by atoms with Crippen LogP contribution in [-0.2, 0) is 19.1 Å². The Morgan fingerprint density at radius 3 is 2.41 bits per heavy atom. The molecule has 1 amide bonds. The fraction of sp³-hybridized carbons (Fsp3) is 0.300. The summed E-state index contributed by atoms with van der Waals surface area (Å²) in [6.45, 7) is -0.0542. The second-order valence-corrected chi connectivity index (χ2v) is 5.83. The number of carbonyl (C=O) groups excluding carboxylic acids is 1. The van der Waals surface area contributed by atoms with Gasteiger partial charge in [0, 0.05) is 10.9 Å². The molecule has 7 heteroatoms. The van der Waals surface area contributed by atoms with Gasteiger partial charge in [-0.05, 0) is 30.7 Å². The fourth-order valence-electron chi connectivity index (χ4n) is 1.08. The number of nitrogens with two attached hydrogens (primary N) is 1. The molecule has 0 unspecified atom stereocenters. The third-order valence-corrected chi connectivity index (χ3v) is 3.76. The predicted octanol–water partition coefficient (Wildman–Crippen LogP) is 1.42. The van der Waals surface area contributed by atoms with Crippen molar-refractivity contribution in [3.8, 4) is 0 Å². The molecule has 0 aromatic heterocycles. The predicted molar refractivity (Wildman–Crippen MR) is 65.7 cm³/mol. The van der Waals surface area contributed by atoms with Crippen molar-refractivity contribution >= 4 is 32.0 Å². The number of rotatable bonds is 6. The summed E-state index contributed by atoms with van der Waals surface area (Å²) in [4.78, 5) is 10.5. The monoisotopic (exact) mass is 321 g/mol. The van der Waals surface area contributed by atoms with E-state index in [0.29, 0.717) is 0 Å². The smallest absolute Gasteiger partial charge is 0.296 e. The van der Waals surface area contributed by atoms with Gasteiger partial charge >= 0.3 is 0 Å². The number of hydrogen-bond acceptors (Lipinski definition) is 4. The Morgan fingerprint density at radius 2 is 1.88 bits per heavy atom. The molecule has 1 aromatic rings. The molecule has 0 spiro atoms. The van der Waals surface area contributed by atoms with E-state index in [1.165, 1.54) is 12.1 Å². The van der Waals surface area contributed by atoms with Crippen molar-refractivity contribution in [3.63, 3.8) is 0 Å². The quantitative estimate of drug-likeness (QED) is 0.634. The maximum atomic E-state index is 11.6. The molecule has 0 aliphatic rings. The number of carbonyl (C=O) groups is 1. The SMILES string of the molecule is NC(=O)CCCOS(=O)(=O)c1ccc(Br)cc1. The highest BCUT2D eigenvalue weighted by Gasteiger charge is 2.14. The molecule has 5 nitrogen and oxygen atoms in total. The largest absolute Gasteiger partial charge is 0.370 e. The molecule has 2 N–H and O–H groups in total. The molecule has 17 heavy (non-hydrogen) atoms. The van der Waals surface area contributed by atoms with Gasteiger partial charge in [0.2, 0.25) is 5.91 Å². The molecule has 0 saturated carbocycles. The highest BCUT2D eigenvalue weighted by atomic mass is 79.9. The number of primary amides is 1. The van der Waals surface area contributed by atoms with Crippen LogP contribution >= 0.6 is 15.9 Å². The van der Waals surface area contributed by atoms with Crippen LogP contribution in [0.3, 0.4) is 0 Å². The number of amides is 1. The lowest BCUT2D eigenvalue weighted by Crippen LogP contribution is -2.13. The Balaban J connectivity index is 2.57. The van der Waals surface area contributed by atoms with Gasteiger partial charge in [-0.15, -0.1) is 0 Å². The summed E-state index contributed by atoms with van der Waals surface area (Å²) in [5, 5.41) is 0. The molecular weight excluding hydrogens is 310 g/mol. The Kier molecular flexibility index (Phi) is 5.10. The average molecular weight is 322 g/mol. The summed E-state index contributed by atoms with van der Waals surface area (Å²) in [5.41, 5.74) is 4.92. The second-order valence-electron chi connectivity index (χ2n) is 3.30. The lowest BCUT2D eigenvalue weighted by atomic mass is 10.3. The molecule has 1 rings (SSSR count). The first kappa shape index (κ1) is 14.1. The normalized spacial score (nSPS) is 11.4. The topological polar surface area (TPSA) is 86.5 Å². The van der Waals surface area contributed by atoms with Gasteiger partial charge in [0.25, 0.3) is 10.1 Å². The van der Waals surface area contributed by atoms with Crippen LogP contribution in [0.5, 0.6) is 0 Å². The summed E-state index contributed by atoms with van der Waals surface area (Å²) in [7, 11) is -3.75. The van der Waals surface area contributed by atoms with Crippen LogP contribution in [-0.4, -0.2) is 20.9 Å². The van der Waals surface area contributed by atoms with Crippen molar-refractivity contribution in [2.45, 2.75) is 17.7 Å². The molecule has 0 radical (unpaired) electrons. The molecule has 0 aliphatic heterocycles. The van der Waals surface area contributed by atoms with E-state index in [1.54, 1.807) is 12.1 Å². The first-order valence-electron chi connectivity index (χ1n) is 4.85. The molecule has 0 bridgehead atoms. The Hall–Kier alpha value is -0.920. The summed E-state index contributed by atoms with van der Waals surface area (Å²) in [6, 6.07) is 6.10. The zero-order valence-corrected chi connectivity index (χ0v) is 11.3. The van der Waals surface area contributed by atoms with Gasteiger partial charge in [-0.1, -0.05) is 15.9 Å². The van der Waals surface area contributed by atoms with Crippen molar-refractivity contribution < 1.29 is 17.4 Å². The van der Waals surface area contributed by atoms with Crippen molar-refractivity contribution in [2.75, 3.05) is 6.61 Å². The second kappa shape index (κ2) is 6.13. The first-order chi connectivity index (χ1) is 7.92. The zero-order chi connectivity index (χ0) is 12.9. The minimum absolute atomic E-state index is 0.0542. The van der Waals surface area contributed by atoms with Crippen LogP contribution in [0.1, 0.15) is 12.8 Å². The lowest BCUT2D eigenvalue weighted by Gasteiger charge is -2.04. The van der Waals surface area contributed by atoms with E-state index in [2.05, 4.69) is 15.9 Å². The molecule has 0 aliphatic carbocycles. The van der Waals surface area contributed by atoms with E-state index in [9.17, 15) is 13.2 Å². The van der Waals surface area contributed by atoms with E-state index in [0.717, 1.165) is 4.47 Å². The maximum Gasteiger partial charge on any atom is 0.296 e. The maximum absolute atomic E-state index is 11.6. The van der Waals surface area contributed by atoms with Crippen LogP contribution in [0, 0.1) is 0 Å². The number of halogens is 1. The summed E-state index contributed by atoms with van der Waals surface area (Å²) < 4.78 is 28.8. The lowest BCUT2D eigenvalue weighted by molar-refractivity contribution is -0.118. The van der Waals surface area contributed by atoms with E-state index < -0.39 is 16.0 Å². The standard InChI is InChI=1S/C10H12BrNO4S/c11-8-3-5-9(6-4-8)17(14,15)16-7-1-2-10(12)13/h3-6H,1-2,7H2,(H2,12,13). The van der Waals surface area contributed by atoms with E-state index in [4.69, 9.17) is 9.92 Å². The van der Waals surface area contributed by atoms with Gasteiger partial charge < -0.3 is 5.73 Å². The van der Waals surface area contributed by atoms with Gasteiger partial charge in [-0.3, -0.25) is 8.98 Å². The minimum Gasteiger partial charge on any atom is -0.370 e. The van der Waals surface area contributed by atoms with Crippen molar-refractivity contribution in [1.29, 1.82) is 0 Å². The number of hydrogen-bond donors (Lipinski definition) is 1.